The van der Waals surface area contributed by atoms with Crippen molar-refractivity contribution >= 4 is 11.9 Å². The van der Waals surface area contributed by atoms with Gasteiger partial charge >= 0.3 is 11.9 Å². The van der Waals surface area contributed by atoms with Crippen LogP contribution in [-0.2, 0) is 28.5 Å². The van der Waals surface area contributed by atoms with Crippen molar-refractivity contribution in [3.8, 4) is 0 Å². The molecule has 1 rings (SSSR count). The molecule has 1 fully saturated rings. The van der Waals surface area contributed by atoms with Gasteiger partial charge in [0.2, 0.25) is 0 Å². The van der Waals surface area contributed by atoms with Crippen LogP contribution in [0.1, 0.15) is 142 Å². The molecule has 6 unspecified atom stereocenters. The Kier molecular flexibility index (Phi) is 26.8. The first kappa shape index (κ1) is 43.2. The summed E-state index contributed by atoms with van der Waals surface area (Å²) >= 11 is 0. The minimum absolute atomic E-state index is 0.218. The van der Waals surface area contributed by atoms with Crippen molar-refractivity contribution in [1.29, 1.82) is 0 Å². The van der Waals surface area contributed by atoms with E-state index in [1.165, 1.54) is 25.7 Å². The number of aliphatic hydroxyl groups is 4. The highest BCUT2D eigenvalue weighted by atomic mass is 16.7. The molecule has 274 valence electrons. The van der Waals surface area contributed by atoms with Crippen LogP contribution in [-0.4, -0.2) is 89.0 Å². The summed E-state index contributed by atoms with van der Waals surface area (Å²) < 4.78 is 22.0. The summed E-state index contributed by atoms with van der Waals surface area (Å²) in [5.41, 5.74) is 0. The highest BCUT2D eigenvalue weighted by Gasteiger charge is 2.44. The normalized spacial score (nSPS) is 22.2. The van der Waals surface area contributed by atoms with Crippen molar-refractivity contribution in [2.75, 3.05) is 19.8 Å². The quantitative estimate of drug-likeness (QED) is 0.0411. The Labute approximate surface area is 283 Å². The molecular formula is C37H66O10. The first-order chi connectivity index (χ1) is 22.8. The third kappa shape index (κ3) is 21.7. The zero-order chi connectivity index (χ0) is 34.5. The zero-order valence-electron chi connectivity index (χ0n) is 29.3. The predicted molar refractivity (Wildman–Crippen MR) is 183 cm³/mol. The molecule has 0 aromatic heterocycles. The molecule has 10 heteroatoms. The molecule has 0 aromatic rings. The van der Waals surface area contributed by atoms with Gasteiger partial charge in [0.15, 0.2) is 12.4 Å². The lowest BCUT2D eigenvalue weighted by molar-refractivity contribution is -0.305. The second-order valence-corrected chi connectivity index (χ2v) is 12.7. The number of carbonyl (C=O) groups excluding carboxylic acids is 2. The Hall–Kier alpha value is -1.82. The average Bonchev–Trinajstić information content (AvgIpc) is 3.06. The van der Waals surface area contributed by atoms with Crippen LogP contribution >= 0.6 is 0 Å². The lowest BCUT2D eigenvalue weighted by Gasteiger charge is -2.39. The van der Waals surface area contributed by atoms with Gasteiger partial charge in [0.05, 0.1) is 13.2 Å². The number of aliphatic hydroxyl groups excluding tert-OH is 4. The summed E-state index contributed by atoms with van der Waals surface area (Å²) in [6.07, 6.45) is 20.5. The minimum Gasteiger partial charge on any atom is -0.462 e. The molecule has 0 bridgehead atoms. The molecular weight excluding hydrogens is 604 g/mol. The molecule has 1 aliphatic heterocycles. The summed E-state index contributed by atoms with van der Waals surface area (Å²) in [5.74, 6) is -0.833. The maximum atomic E-state index is 12.6. The van der Waals surface area contributed by atoms with E-state index in [-0.39, 0.29) is 26.1 Å². The summed E-state index contributed by atoms with van der Waals surface area (Å²) in [7, 11) is 0. The van der Waals surface area contributed by atoms with E-state index >= 15 is 0 Å². The van der Waals surface area contributed by atoms with Crippen molar-refractivity contribution in [1.82, 2.24) is 0 Å². The Morgan fingerprint density at radius 3 is 1.66 bits per heavy atom. The number of hydrogen-bond acceptors (Lipinski definition) is 10. The van der Waals surface area contributed by atoms with Crippen LogP contribution in [0, 0.1) is 0 Å². The summed E-state index contributed by atoms with van der Waals surface area (Å²) in [6.45, 7) is 3.29. The molecule has 0 aromatic carbocycles. The molecule has 1 aliphatic rings. The fourth-order valence-corrected chi connectivity index (χ4v) is 5.27. The number of rotatable bonds is 29. The monoisotopic (exact) mass is 670 g/mol. The lowest BCUT2D eigenvalue weighted by atomic mass is 9.99. The predicted octanol–water partition coefficient (Wildman–Crippen LogP) is 6.21. The molecule has 10 nitrogen and oxygen atoms in total. The van der Waals surface area contributed by atoms with Gasteiger partial charge in [0, 0.05) is 12.8 Å². The van der Waals surface area contributed by atoms with Crippen molar-refractivity contribution in [2.45, 2.75) is 179 Å². The third-order valence-corrected chi connectivity index (χ3v) is 8.31. The van der Waals surface area contributed by atoms with Gasteiger partial charge in [-0.1, -0.05) is 102 Å². The maximum Gasteiger partial charge on any atom is 0.306 e. The van der Waals surface area contributed by atoms with Crippen LogP contribution in [0.3, 0.4) is 0 Å². The van der Waals surface area contributed by atoms with Gasteiger partial charge in [-0.05, 0) is 51.4 Å². The minimum atomic E-state index is -1.59. The molecule has 1 saturated heterocycles. The molecule has 4 N–H and O–H groups in total. The van der Waals surface area contributed by atoms with E-state index in [9.17, 15) is 30.0 Å². The fourth-order valence-electron chi connectivity index (χ4n) is 5.27. The van der Waals surface area contributed by atoms with Crippen LogP contribution in [0.25, 0.3) is 0 Å². The molecule has 47 heavy (non-hydrogen) atoms. The lowest BCUT2D eigenvalue weighted by Crippen LogP contribution is -2.59. The van der Waals surface area contributed by atoms with E-state index in [4.69, 9.17) is 18.9 Å². The summed E-state index contributed by atoms with van der Waals surface area (Å²) in [4.78, 5) is 25.1. The Bertz CT molecular complexity index is 830. The maximum absolute atomic E-state index is 12.6. The largest absolute Gasteiger partial charge is 0.462 e. The van der Waals surface area contributed by atoms with Crippen LogP contribution < -0.4 is 0 Å². The van der Waals surface area contributed by atoms with Crippen molar-refractivity contribution in [3.63, 3.8) is 0 Å². The van der Waals surface area contributed by atoms with Crippen LogP contribution in [0.4, 0.5) is 0 Å². The van der Waals surface area contributed by atoms with Crippen molar-refractivity contribution in [2.24, 2.45) is 0 Å². The van der Waals surface area contributed by atoms with Gasteiger partial charge < -0.3 is 39.4 Å². The van der Waals surface area contributed by atoms with E-state index in [0.29, 0.717) is 12.8 Å². The first-order valence-corrected chi connectivity index (χ1v) is 18.4. The number of hydrogen-bond donors (Lipinski definition) is 4. The van der Waals surface area contributed by atoms with Gasteiger partial charge in [-0.3, -0.25) is 9.59 Å². The topological polar surface area (TPSA) is 152 Å². The van der Waals surface area contributed by atoms with Gasteiger partial charge in [0.1, 0.15) is 31.0 Å². The van der Waals surface area contributed by atoms with Gasteiger partial charge in [0.25, 0.3) is 0 Å². The highest BCUT2D eigenvalue weighted by Crippen LogP contribution is 2.22. The molecule has 0 amide bonds. The average molecular weight is 671 g/mol. The number of ether oxygens (including phenoxy) is 4. The SMILES string of the molecule is CCCC/C=C\CCCCCCCC(=O)OCC(COC1OC(CO)C(O)C(O)C1O)OC(=O)CCCCCCC/C=C\CCCC. The van der Waals surface area contributed by atoms with Crippen LogP contribution in [0.5, 0.6) is 0 Å². The van der Waals surface area contributed by atoms with Gasteiger partial charge in [-0.2, -0.15) is 0 Å². The Morgan fingerprint density at radius 1 is 0.638 bits per heavy atom. The second-order valence-electron chi connectivity index (χ2n) is 12.7. The Balaban J connectivity index is 2.44. The van der Waals surface area contributed by atoms with Crippen LogP contribution in [0.2, 0.25) is 0 Å². The van der Waals surface area contributed by atoms with E-state index in [1.54, 1.807) is 0 Å². The van der Waals surface area contributed by atoms with Gasteiger partial charge in [-0.25, -0.2) is 0 Å². The zero-order valence-corrected chi connectivity index (χ0v) is 29.3. The van der Waals surface area contributed by atoms with E-state index < -0.39 is 55.4 Å². The van der Waals surface area contributed by atoms with E-state index in [0.717, 1.165) is 77.0 Å². The van der Waals surface area contributed by atoms with E-state index in [1.807, 2.05) is 0 Å². The summed E-state index contributed by atoms with van der Waals surface area (Å²) in [6, 6.07) is 0. The van der Waals surface area contributed by atoms with Crippen LogP contribution in [0.15, 0.2) is 24.3 Å². The van der Waals surface area contributed by atoms with Crippen molar-refractivity contribution in [3.05, 3.63) is 24.3 Å². The van der Waals surface area contributed by atoms with Crippen molar-refractivity contribution < 1.29 is 49.0 Å². The second kappa shape index (κ2) is 29.1. The third-order valence-electron chi connectivity index (χ3n) is 8.31. The van der Waals surface area contributed by atoms with E-state index in [2.05, 4.69) is 38.2 Å². The summed E-state index contributed by atoms with van der Waals surface area (Å²) in [5, 5.41) is 39.8. The number of allylic oxidation sites excluding steroid dienone is 4. The highest BCUT2D eigenvalue weighted by molar-refractivity contribution is 5.70. The molecule has 0 aliphatic carbocycles. The standard InChI is InChI=1S/C37H66O10/c1-3-5-7-9-11-13-15-17-19-21-23-25-32(39)44-28-30(29-45-37-36(43)35(42)34(41)31(27-38)47-37)46-33(40)26-24-22-20-18-16-14-12-10-8-6-4-2/h9-12,30-31,34-38,41-43H,3-8,13-29H2,1-2H3/b11-9-,12-10-. The number of carbonyl (C=O) groups is 2. The molecule has 1 heterocycles. The molecule has 0 saturated carbocycles. The molecule has 0 radical (unpaired) electrons. The first-order valence-electron chi connectivity index (χ1n) is 18.4. The number of esters is 2. The molecule has 0 spiro atoms. The fraction of sp³-hybridized carbons (Fsp3) is 0.838. The van der Waals surface area contributed by atoms with Gasteiger partial charge in [-0.15, -0.1) is 0 Å². The number of unbranched alkanes of at least 4 members (excludes halogenated alkanes) is 14. The molecule has 6 atom stereocenters. The Morgan fingerprint density at radius 2 is 1.13 bits per heavy atom. The smallest absolute Gasteiger partial charge is 0.306 e.